The Morgan fingerprint density at radius 3 is 2.38 bits per heavy atom. The number of amides is 4. The molecule has 0 saturated carbocycles. The summed E-state index contributed by atoms with van der Waals surface area (Å²) in [5.74, 6) is -2.39. The molecule has 160 valence electrons. The lowest BCUT2D eigenvalue weighted by Gasteiger charge is -2.26. The SMILES string of the molecule is O=C1NC(=O)N(c2cccc(F)c2)C(=O)/C1=C/c1ccccc1OCc1ccc(F)cc1. The molecule has 6 nitrogen and oxygen atoms in total. The van der Waals surface area contributed by atoms with Crippen LogP contribution < -0.4 is 15.0 Å². The Bertz CT molecular complexity index is 1240. The monoisotopic (exact) mass is 434 g/mol. The second-order valence-electron chi connectivity index (χ2n) is 6.89. The second kappa shape index (κ2) is 8.81. The molecule has 0 atom stereocenters. The zero-order valence-electron chi connectivity index (χ0n) is 16.5. The number of anilines is 1. The van der Waals surface area contributed by atoms with Gasteiger partial charge in [-0.3, -0.25) is 14.9 Å². The maximum atomic E-state index is 13.6. The van der Waals surface area contributed by atoms with Crippen molar-refractivity contribution in [2.45, 2.75) is 6.61 Å². The number of rotatable bonds is 5. The molecule has 0 unspecified atom stereocenters. The van der Waals surface area contributed by atoms with Crippen LogP contribution in [0.1, 0.15) is 11.1 Å². The summed E-state index contributed by atoms with van der Waals surface area (Å²) in [6.07, 6.45) is 1.30. The quantitative estimate of drug-likeness (QED) is 0.482. The number of hydrogen-bond acceptors (Lipinski definition) is 4. The van der Waals surface area contributed by atoms with Gasteiger partial charge >= 0.3 is 6.03 Å². The van der Waals surface area contributed by atoms with Gasteiger partial charge in [-0.2, -0.15) is 0 Å². The predicted molar refractivity (Wildman–Crippen MR) is 113 cm³/mol. The van der Waals surface area contributed by atoms with Crippen molar-refractivity contribution in [2.75, 3.05) is 4.90 Å². The van der Waals surface area contributed by atoms with Crippen molar-refractivity contribution in [2.24, 2.45) is 0 Å². The molecule has 0 bridgehead atoms. The van der Waals surface area contributed by atoms with Gasteiger partial charge in [-0.15, -0.1) is 0 Å². The van der Waals surface area contributed by atoms with E-state index < -0.39 is 23.7 Å². The number of hydrogen-bond donors (Lipinski definition) is 1. The smallest absolute Gasteiger partial charge is 0.335 e. The Morgan fingerprint density at radius 2 is 1.62 bits per heavy atom. The van der Waals surface area contributed by atoms with Crippen molar-refractivity contribution in [3.8, 4) is 5.75 Å². The molecular formula is C24H16F2N2O4. The summed E-state index contributed by atoms with van der Waals surface area (Å²) < 4.78 is 32.5. The molecule has 32 heavy (non-hydrogen) atoms. The molecule has 1 N–H and O–H groups in total. The van der Waals surface area contributed by atoms with Gasteiger partial charge in [0.25, 0.3) is 11.8 Å². The van der Waals surface area contributed by atoms with Crippen molar-refractivity contribution < 1.29 is 27.9 Å². The average Bonchev–Trinajstić information content (AvgIpc) is 2.77. The van der Waals surface area contributed by atoms with Crippen LogP contribution in [-0.4, -0.2) is 17.8 Å². The minimum Gasteiger partial charge on any atom is -0.488 e. The van der Waals surface area contributed by atoms with Gasteiger partial charge in [0, 0.05) is 5.56 Å². The molecule has 3 aromatic rings. The number of carbonyl (C=O) groups excluding carboxylic acids is 3. The molecule has 1 fully saturated rings. The molecule has 1 aliphatic heterocycles. The third kappa shape index (κ3) is 4.39. The number of nitrogens with zero attached hydrogens (tertiary/aromatic N) is 1. The van der Waals surface area contributed by atoms with Gasteiger partial charge in [0.15, 0.2) is 0 Å². The van der Waals surface area contributed by atoms with E-state index in [-0.39, 0.29) is 23.7 Å². The minimum atomic E-state index is -0.969. The highest BCUT2D eigenvalue weighted by Gasteiger charge is 2.37. The van der Waals surface area contributed by atoms with E-state index in [1.165, 1.54) is 36.4 Å². The molecule has 0 radical (unpaired) electrons. The number of barbiturate groups is 1. The number of ether oxygens (including phenoxy) is 1. The average molecular weight is 434 g/mol. The van der Waals surface area contributed by atoms with E-state index in [1.54, 1.807) is 36.4 Å². The molecule has 4 rings (SSSR count). The van der Waals surface area contributed by atoms with Crippen LogP contribution in [0.15, 0.2) is 78.4 Å². The molecule has 1 heterocycles. The van der Waals surface area contributed by atoms with Crippen molar-refractivity contribution in [3.63, 3.8) is 0 Å². The highest BCUT2D eigenvalue weighted by molar-refractivity contribution is 6.39. The van der Waals surface area contributed by atoms with Gasteiger partial charge in [-0.1, -0.05) is 36.4 Å². The molecular weight excluding hydrogens is 418 g/mol. The first-order valence-corrected chi connectivity index (χ1v) is 9.55. The number of imide groups is 2. The number of carbonyl (C=O) groups is 3. The lowest BCUT2D eigenvalue weighted by atomic mass is 10.1. The second-order valence-corrected chi connectivity index (χ2v) is 6.89. The van der Waals surface area contributed by atoms with Crippen LogP contribution in [0.4, 0.5) is 19.3 Å². The summed E-state index contributed by atoms with van der Waals surface area (Å²) >= 11 is 0. The fourth-order valence-corrected chi connectivity index (χ4v) is 3.14. The minimum absolute atomic E-state index is 0.00764. The number of halogens is 2. The van der Waals surface area contributed by atoms with Crippen molar-refractivity contribution >= 4 is 29.6 Å². The van der Waals surface area contributed by atoms with E-state index >= 15 is 0 Å². The van der Waals surface area contributed by atoms with Gasteiger partial charge in [0.2, 0.25) is 0 Å². The number of para-hydroxylation sites is 1. The molecule has 0 aromatic heterocycles. The van der Waals surface area contributed by atoms with Crippen LogP contribution in [0.3, 0.4) is 0 Å². The zero-order chi connectivity index (χ0) is 22.7. The van der Waals surface area contributed by atoms with E-state index in [4.69, 9.17) is 4.74 Å². The lowest BCUT2D eigenvalue weighted by Crippen LogP contribution is -2.54. The molecule has 4 amide bonds. The van der Waals surface area contributed by atoms with Gasteiger partial charge < -0.3 is 4.74 Å². The first-order valence-electron chi connectivity index (χ1n) is 9.55. The lowest BCUT2D eigenvalue weighted by molar-refractivity contribution is -0.122. The third-order valence-electron chi connectivity index (χ3n) is 4.69. The normalized spacial score (nSPS) is 15.1. The molecule has 1 saturated heterocycles. The number of urea groups is 1. The molecule has 1 aliphatic rings. The zero-order valence-corrected chi connectivity index (χ0v) is 16.5. The van der Waals surface area contributed by atoms with Crippen LogP contribution in [-0.2, 0) is 16.2 Å². The highest BCUT2D eigenvalue weighted by Crippen LogP contribution is 2.26. The predicted octanol–water partition coefficient (Wildman–Crippen LogP) is 4.21. The largest absolute Gasteiger partial charge is 0.488 e. The first-order chi connectivity index (χ1) is 15.4. The van der Waals surface area contributed by atoms with Crippen molar-refractivity contribution in [1.82, 2.24) is 5.32 Å². The Labute approximate surface area is 181 Å². The molecule has 0 aliphatic carbocycles. The van der Waals surface area contributed by atoms with E-state index in [9.17, 15) is 23.2 Å². The summed E-state index contributed by atoms with van der Waals surface area (Å²) in [5, 5.41) is 2.09. The van der Waals surface area contributed by atoms with Crippen molar-refractivity contribution in [1.29, 1.82) is 0 Å². The summed E-state index contributed by atoms with van der Waals surface area (Å²) in [6.45, 7) is 0.133. The van der Waals surface area contributed by atoms with Crippen LogP contribution in [0.25, 0.3) is 6.08 Å². The highest BCUT2D eigenvalue weighted by atomic mass is 19.1. The van der Waals surface area contributed by atoms with E-state index in [0.29, 0.717) is 16.2 Å². The summed E-state index contributed by atoms with van der Waals surface area (Å²) in [6, 6.07) is 16.4. The summed E-state index contributed by atoms with van der Waals surface area (Å²) in [4.78, 5) is 38.3. The molecule has 0 spiro atoms. The Hall–Kier alpha value is -4.33. The van der Waals surface area contributed by atoms with Crippen LogP contribution >= 0.6 is 0 Å². The van der Waals surface area contributed by atoms with E-state index in [2.05, 4.69) is 5.32 Å². The van der Waals surface area contributed by atoms with E-state index in [1.807, 2.05) is 0 Å². The number of nitrogens with one attached hydrogen (secondary N) is 1. The topological polar surface area (TPSA) is 75.7 Å². The molecule has 3 aromatic carbocycles. The van der Waals surface area contributed by atoms with Crippen LogP contribution in [0.5, 0.6) is 5.75 Å². The summed E-state index contributed by atoms with van der Waals surface area (Å²) in [7, 11) is 0. The molecule has 8 heteroatoms. The van der Waals surface area contributed by atoms with Gasteiger partial charge in [-0.05, 0) is 48.0 Å². The maximum Gasteiger partial charge on any atom is 0.335 e. The Morgan fingerprint density at radius 1 is 0.875 bits per heavy atom. The third-order valence-corrected chi connectivity index (χ3v) is 4.69. The first kappa shape index (κ1) is 20.9. The Kier molecular flexibility index (Phi) is 5.76. The van der Waals surface area contributed by atoms with Gasteiger partial charge in [0.1, 0.15) is 29.6 Å². The van der Waals surface area contributed by atoms with Crippen LogP contribution in [0.2, 0.25) is 0 Å². The maximum absolute atomic E-state index is 13.6. The van der Waals surface area contributed by atoms with Gasteiger partial charge in [-0.25, -0.2) is 18.5 Å². The fraction of sp³-hybridized carbons (Fsp3) is 0.0417. The van der Waals surface area contributed by atoms with Gasteiger partial charge in [0.05, 0.1) is 5.69 Å². The summed E-state index contributed by atoms with van der Waals surface area (Å²) in [5.41, 5.74) is 0.823. The van der Waals surface area contributed by atoms with Crippen molar-refractivity contribution in [3.05, 3.63) is 101 Å². The standard InChI is InChI=1S/C24H16F2N2O4/c25-17-10-8-15(9-11-17)14-32-21-7-2-1-4-16(21)12-20-22(29)27-24(31)28(23(20)30)19-6-3-5-18(26)13-19/h1-13H,14H2,(H,27,29,31)/b20-12+. The van der Waals surface area contributed by atoms with Crippen LogP contribution in [0, 0.1) is 11.6 Å². The fourth-order valence-electron chi connectivity index (χ4n) is 3.14. The van der Waals surface area contributed by atoms with E-state index in [0.717, 1.165) is 11.6 Å². The number of benzene rings is 3. The Balaban J connectivity index is 1.63.